The Balaban J connectivity index is 2.96. The molecule has 0 atom stereocenters. The monoisotopic (exact) mass is 265 g/mol. The Morgan fingerprint density at radius 2 is 2.06 bits per heavy atom. The summed E-state index contributed by atoms with van der Waals surface area (Å²) in [5.41, 5.74) is 4.69. The number of amides is 1. The number of nitrogens with two attached hydrogens (primary N) is 1. The summed E-state index contributed by atoms with van der Waals surface area (Å²) in [5.74, 6) is -3.05. The Morgan fingerprint density at radius 1 is 1.44 bits per heavy atom. The van der Waals surface area contributed by atoms with Gasteiger partial charge in [0, 0.05) is 10.6 Å². The first-order chi connectivity index (χ1) is 7.30. The lowest BCUT2D eigenvalue weighted by atomic mass is 10.2. The number of carbonyl (C=O) groups excluding carboxylic acids is 1. The second-order valence-corrected chi connectivity index (χ2v) is 5.74. The van der Waals surface area contributed by atoms with Crippen molar-refractivity contribution < 1.29 is 17.6 Å². The number of hydrogen-bond donors (Lipinski definition) is 1. The lowest BCUT2D eigenvalue weighted by Crippen LogP contribution is -2.24. The van der Waals surface area contributed by atoms with Crippen LogP contribution < -0.4 is 5.73 Å². The number of halogens is 2. The quantitative estimate of drug-likeness (QED) is 0.878. The van der Waals surface area contributed by atoms with Gasteiger partial charge in [0.2, 0.25) is 5.91 Å². The highest BCUT2D eigenvalue weighted by atomic mass is 35.5. The molecule has 0 bridgehead atoms. The SMILES string of the molecule is NC(=O)CS(=O)(=O)Cc1cc(Cl)ccc1F. The zero-order valence-corrected chi connectivity index (χ0v) is 9.68. The molecule has 1 aromatic carbocycles. The van der Waals surface area contributed by atoms with Crippen LogP contribution in [0.25, 0.3) is 0 Å². The van der Waals surface area contributed by atoms with E-state index in [0.717, 1.165) is 6.07 Å². The van der Waals surface area contributed by atoms with E-state index in [1.807, 2.05) is 0 Å². The van der Waals surface area contributed by atoms with Crippen LogP contribution in [0.15, 0.2) is 18.2 Å². The van der Waals surface area contributed by atoms with Crippen LogP contribution in [-0.2, 0) is 20.4 Å². The molecule has 0 unspecified atom stereocenters. The Labute approximate surface area is 97.1 Å². The summed E-state index contributed by atoms with van der Waals surface area (Å²) in [6.07, 6.45) is 0. The molecule has 0 fully saturated rings. The van der Waals surface area contributed by atoms with Crippen molar-refractivity contribution in [1.29, 1.82) is 0 Å². The minimum Gasteiger partial charge on any atom is -0.369 e. The van der Waals surface area contributed by atoms with Crippen LogP contribution in [0.2, 0.25) is 5.02 Å². The van der Waals surface area contributed by atoms with Gasteiger partial charge in [0.1, 0.15) is 11.6 Å². The van der Waals surface area contributed by atoms with Gasteiger partial charge in [-0.15, -0.1) is 0 Å². The van der Waals surface area contributed by atoms with Gasteiger partial charge >= 0.3 is 0 Å². The smallest absolute Gasteiger partial charge is 0.232 e. The number of carbonyl (C=O) groups is 1. The molecule has 1 aromatic rings. The summed E-state index contributed by atoms with van der Waals surface area (Å²) >= 11 is 5.60. The molecule has 0 aliphatic carbocycles. The average Bonchev–Trinajstić information content (AvgIpc) is 2.08. The molecule has 7 heteroatoms. The zero-order chi connectivity index (χ0) is 12.3. The molecule has 0 aliphatic rings. The van der Waals surface area contributed by atoms with E-state index in [4.69, 9.17) is 17.3 Å². The van der Waals surface area contributed by atoms with E-state index in [1.165, 1.54) is 12.1 Å². The molecule has 0 heterocycles. The van der Waals surface area contributed by atoms with Crippen LogP contribution in [0, 0.1) is 5.82 Å². The van der Waals surface area contributed by atoms with Crippen molar-refractivity contribution >= 4 is 27.3 Å². The third kappa shape index (κ3) is 3.79. The molecule has 1 rings (SSSR count). The summed E-state index contributed by atoms with van der Waals surface area (Å²) in [6, 6.07) is 3.58. The number of hydrogen-bond acceptors (Lipinski definition) is 3. The molecule has 0 saturated carbocycles. The normalized spacial score (nSPS) is 11.4. The minimum absolute atomic E-state index is 0.0752. The predicted octanol–water partition coefficient (Wildman–Crippen LogP) is 0.879. The highest BCUT2D eigenvalue weighted by Crippen LogP contribution is 2.17. The molecular formula is C9H9ClFNO3S. The van der Waals surface area contributed by atoms with E-state index in [9.17, 15) is 17.6 Å². The highest BCUT2D eigenvalue weighted by molar-refractivity contribution is 7.91. The summed E-state index contributed by atoms with van der Waals surface area (Å²) in [4.78, 5) is 10.5. The fraction of sp³-hybridized carbons (Fsp3) is 0.222. The van der Waals surface area contributed by atoms with E-state index < -0.39 is 33.1 Å². The van der Waals surface area contributed by atoms with Gasteiger partial charge in [0.05, 0.1) is 5.75 Å². The van der Waals surface area contributed by atoms with Crippen molar-refractivity contribution in [2.75, 3.05) is 5.75 Å². The van der Waals surface area contributed by atoms with Gasteiger partial charge in [-0.3, -0.25) is 4.79 Å². The van der Waals surface area contributed by atoms with E-state index >= 15 is 0 Å². The number of primary amides is 1. The standard InChI is InChI=1S/C9H9ClFNO3S/c10-7-1-2-8(11)6(3-7)4-16(14,15)5-9(12)13/h1-3H,4-5H2,(H2,12,13). The van der Waals surface area contributed by atoms with Crippen molar-refractivity contribution in [3.63, 3.8) is 0 Å². The topological polar surface area (TPSA) is 77.2 Å². The second kappa shape index (κ2) is 4.80. The number of rotatable bonds is 4. The van der Waals surface area contributed by atoms with Crippen molar-refractivity contribution in [2.45, 2.75) is 5.75 Å². The van der Waals surface area contributed by atoms with Gasteiger partial charge in [0.25, 0.3) is 0 Å². The number of benzene rings is 1. The van der Waals surface area contributed by atoms with Crippen LogP contribution in [0.4, 0.5) is 4.39 Å². The molecule has 0 radical (unpaired) electrons. The molecule has 0 spiro atoms. The summed E-state index contributed by atoms with van der Waals surface area (Å²) in [5, 5.41) is 0.227. The first-order valence-electron chi connectivity index (χ1n) is 4.23. The molecule has 4 nitrogen and oxygen atoms in total. The summed E-state index contributed by atoms with van der Waals surface area (Å²) in [7, 11) is -3.75. The highest BCUT2D eigenvalue weighted by Gasteiger charge is 2.17. The van der Waals surface area contributed by atoms with Crippen LogP contribution in [-0.4, -0.2) is 20.1 Å². The number of sulfone groups is 1. The Morgan fingerprint density at radius 3 is 2.62 bits per heavy atom. The van der Waals surface area contributed by atoms with E-state index in [1.54, 1.807) is 0 Å². The van der Waals surface area contributed by atoms with Crippen LogP contribution in [0.3, 0.4) is 0 Å². The van der Waals surface area contributed by atoms with Crippen molar-refractivity contribution in [1.82, 2.24) is 0 Å². The van der Waals surface area contributed by atoms with Crippen molar-refractivity contribution in [3.05, 3.63) is 34.6 Å². The van der Waals surface area contributed by atoms with Crippen LogP contribution >= 0.6 is 11.6 Å². The Hall–Kier alpha value is -1.14. The third-order valence-corrected chi connectivity index (χ3v) is 3.46. The molecule has 16 heavy (non-hydrogen) atoms. The lowest BCUT2D eigenvalue weighted by Gasteiger charge is -2.04. The molecule has 0 aliphatic heterocycles. The average molecular weight is 266 g/mol. The first-order valence-corrected chi connectivity index (χ1v) is 6.43. The molecule has 88 valence electrons. The van der Waals surface area contributed by atoms with Gasteiger partial charge in [-0.25, -0.2) is 12.8 Å². The van der Waals surface area contributed by atoms with Gasteiger partial charge < -0.3 is 5.73 Å². The molecule has 0 aromatic heterocycles. The summed E-state index contributed by atoms with van der Waals surface area (Å²) in [6.45, 7) is 0. The lowest BCUT2D eigenvalue weighted by molar-refractivity contribution is -0.115. The van der Waals surface area contributed by atoms with Crippen molar-refractivity contribution in [3.8, 4) is 0 Å². The van der Waals surface area contributed by atoms with Gasteiger partial charge in [-0.05, 0) is 18.2 Å². The largest absolute Gasteiger partial charge is 0.369 e. The fourth-order valence-corrected chi connectivity index (χ4v) is 2.58. The third-order valence-electron chi connectivity index (χ3n) is 1.75. The molecule has 0 saturated heterocycles. The molecule has 2 N–H and O–H groups in total. The van der Waals surface area contributed by atoms with Crippen molar-refractivity contribution in [2.24, 2.45) is 5.73 Å². The van der Waals surface area contributed by atoms with E-state index in [-0.39, 0.29) is 10.6 Å². The summed E-state index contributed by atoms with van der Waals surface area (Å²) < 4.78 is 35.9. The minimum atomic E-state index is -3.75. The van der Waals surface area contributed by atoms with Gasteiger partial charge in [-0.2, -0.15) is 0 Å². The van der Waals surface area contributed by atoms with Gasteiger partial charge in [0.15, 0.2) is 9.84 Å². The zero-order valence-electron chi connectivity index (χ0n) is 8.11. The maximum Gasteiger partial charge on any atom is 0.232 e. The molecule has 1 amide bonds. The van der Waals surface area contributed by atoms with E-state index in [2.05, 4.69) is 0 Å². The maximum absolute atomic E-state index is 13.2. The fourth-order valence-electron chi connectivity index (χ4n) is 1.16. The van der Waals surface area contributed by atoms with Gasteiger partial charge in [-0.1, -0.05) is 11.6 Å². The predicted molar refractivity (Wildman–Crippen MR) is 58.1 cm³/mol. The second-order valence-electron chi connectivity index (χ2n) is 3.23. The Bertz CT molecular complexity index is 515. The molecular weight excluding hydrogens is 257 g/mol. The first kappa shape index (κ1) is 12.9. The van der Waals surface area contributed by atoms with Crippen LogP contribution in [0.1, 0.15) is 5.56 Å². The van der Waals surface area contributed by atoms with Crippen LogP contribution in [0.5, 0.6) is 0 Å². The van der Waals surface area contributed by atoms with E-state index in [0.29, 0.717) is 0 Å². The maximum atomic E-state index is 13.2. The Kier molecular flexibility index (Phi) is 3.88.